The first-order valence-electron chi connectivity index (χ1n) is 11.5. The molecule has 0 atom stereocenters. The van der Waals surface area contributed by atoms with Crippen LogP contribution in [0.3, 0.4) is 0 Å². The molecule has 0 bridgehead atoms. The van der Waals surface area contributed by atoms with Crippen molar-refractivity contribution >= 4 is 33.8 Å². The molecule has 0 aliphatic rings. The minimum absolute atomic E-state index is 0.0100. The van der Waals surface area contributed by atoms with E-state index >= 15 is 0 Å². The van der Waals surface area contributed by atoms with Crippen LogP contribution in [0.1, 0.15) is 36.7 Å². The van der Waals surface area contributed by atoms with Crippen molar-refractivity contribution in [3.63, 3.8) is 0 Å². The van der Waals surface area contributed by atoms with Crippen LogP contribution in [-0.2, 0) is 10.1 Å². The molecule has 196 valence electrons. The molecule has 37 heavy (non-hydrogen) atoms. The monoisotopic (exact) mass is 546 g/mol. The lowest BCUT2D eigenvalue weighted by Gasteiger charge is -2.12. The molecule has 0 aliphatic carbocycles. The molecule has 3 aromatic rings. The van der Waals surface area contributed by atoms with E-state index in [4.69, 9.17) is 30.0 Å². The van der Waals surface area contributed by atoms with E-state index in [9.17, 15) is 13.2 Å². The van der Waals surface area contributed by atoms with Crippen LogP contribution in [0.4, 0.5) is 0 Å². The number of benzene rings is 3. The lowest BCUT2D eigenvalue weighted by Crippen LogP contribution is -2.17. The van der Waals surface area contributed by atoms with Crippen LogP contribution in [0.25, 0.3) is 0 Å². The molecule has 3 rings (SSSR count). The van der Waals surface area contributed by atoms with Crippen LogP contribution in [0.2, 0.25) is 5.02 Å². The van der Waals surface area contributed by atoms with Gasteiger partial charge in [0.15, 0.2) is 23.0 Å². The van der Waals surface area contributed by atoms with Crippen LogP contribution in [0.5, 0.6) is 23.0 Å². The average molecular weight is 547 g/mol. The van der Waals surface area contributed by atoms with Crippen LogP contribution < -0.4 is 23.8 Å². The maximum absolute atomic E-state index is 12.6. The van der Waals surface area contributed by atoms with Gasteiger partial charge in [-0.2, -0.15) is 13.5 Å². The summed E-state index contributed by atoms with van der Waals surface area (Å²) >= 11 is 5.83. The Morgan fingerprint density at radius 2 is 1.43 bits per heavy atom. The van der Waals surface area contributed by atoms with E-state index in [2.05, 4.69) is 10.5 Å². The zero-order valence-corrected chi connectivity index (χ0v) is 22.1. The van der Waals surface area contributed by atoms with E-state index in [0.717, 1.165) is 0 Å². The van der Waals surface area contributed by atoms with Gasteiger partial charge in [-0.05, 0) is 87.0 Å². The largest absolute Gasteiger partial charge is 0.490 e. The number of hydrogen-bond acceptors (Lipinski definition) is 8. The second-order valence-corrected chi connectivity index (χ2v) is 9.34. The maximum Gasteiger partial charge on any atom is 0.339 e. The Hall–Kier alpha value is -3.76. The summed E-state index contributed by atoms with van der Waals surface area (Å²) in [5.74, 6) is 0.776. The molecular weight excluding hydrogens is 520 g/mol. The standard InChI is InChI=1S/C26H27ClN2O7S/c1-4-33-22-14-8-19(16-25(22)35-6-3)26(30)29-28-17-18-7-13-23(24(15-18)34-5-2)36-37(31,32)21-11-9-20(27)10-12-21/h7-17H,4-6H2,1-3H3,(H,29,30)/b28-17+. The third kappa shape index (κ3) is 7.61. The number of hydrazone groups is 1. The summed E-state index contributed by atoms with van der Waals surface area (Å²) in [6.45, 7) is 6.62. The molecule has 1 N–H and O–H groups in total. The van der Waals surface area contributed by atoms with E-state index in [0.29, 0.717) is 40.9 Å². The summed E-state index contributed by atoms with van der Waals surface area (Å²) in [6.07, 6.45) is 1.40. The van der Waals surface area contributed by atoms with Gasteiger partial charge in [0.2, 0.25) is 0 Å². The highest BCUT2D eigenvalue weighted by molar-refractivity contribution is 7.87. The molecule has 0 unspecified atom stereocenters. The maximum atomic E-state index is 12.6. The molecule has 0 aliphatic heterocycles. The van der Waals surface area contributed by atoms with Gasteiger partial charge >= 0.3 is 10.1 Å². The molecule has 0 spiro atoms. The molecule has 3 aromatic carbocycles. The molecule has 11 heteroatoms. The summed E-state index contributed by atoms with van der Waals surface area (Å²) in [7, 11) is -4.11. The number of carbonyl (C=O) groups excluding carboxylic acids is 1. The summed E-state index contributed by atoms with van der Waals surface area (Å²) in [6, 6.07) is 15.1. The van der Waals surface area contributed by atoms with Crippen LogP contribution in [0.15, 0.2) is 70.7 Å². The van der Waals surface area contributed by atoms with Gasteiger partial charge in [0.05, 0.1) is 26.0 Å². The van der Waals surface area contributed by atoms with Crippen molar-refractivity contribution in [1.82, 2.24) is 5.43 Å². The van der Waals surface area contributed by atoms with E-state index in [1.165, 1.54) is 36.5 Å². The van der Waals surface area contributed by atoms with Crippen LogP contribution >= 0.6 is 11.6 Å². The van der Waals surface area contributed by atoms with Gasteiger partial charge in [-0.25, -0.2) is 5.43 Å². The minimum Gasteiger partial charge on any atom is -0.490 e. The Balaban J connectivity index is 1.73. The average Bonchev–Trinajstić information content (AvgIpc) is 2.87. The van der Waals surface area contributed by atoms with E-state index in [1.54, 1.807) is 37.3 Å². The highest BCUT2D eigenvalue weighted by Gasteiger charge is 2.19. The topological polar surface area (TPSA) is 113 Å². The Kier molecular flexibility index (Phi) is 9.76. The van der Waals surface area contributed by atoms with Gasteiger partial charge in [0, 0.05) is 10.6 Å². The second kappa shape index (κ2) is 13.0. The summed E-state index contributed by atoms with van der Waals surface area (Å²) in [5.41, 5.74) is 3.34. The fourth-order valence-corrected chi connectivity index (χ4v) is 4.20. The van der Waals surface area contributed by atoms with Crippen molar-refractivity contribution in [2.75, 3.05) is 19.8 Å². The second-order valence-electron chi connectivity index (χ2n) is 7.36. The van der Waals surface area contributed by atoms with Gasteiger partial charge in [0.1, 0.15) is 4.90 Å². The zero-order valence-electron chi connectivity index (χ0n) is 20.6. The molecule has 9 nitrogen and oxygen atoms in total. The van der Waals surface area contributed by atoms with Crippen molar-refractivity contribution < 1.29 is 31.6 Å². The first kappa shape index (κ1) is 27.8. The number of amides is 1. The van der Waals surface area contributed by atoms with Crippen molar-refractivity contribution in [3.05, 3.63) is 76.8 Å². The fraction of sp³-hybridized carbons (Fsp3) is 0.231. The van der Waals surface area contributed by atoms with Crippen molar-refractivity contribution in [2.45, 2.75) is 25.7 Å². The summed E-state index contributed by atoms with van der Waals surface area (Å²) in [4.78, 5) is 12.5. The molecule has 1 amide bonds. The fourth-order valence-electron chi connectivity index (χ4n) is 3.13. The lowest BCUT2D eigenvalue weighted by atomic mass is 10.2. The van der Waals surface area contributed by atoms with Crippen molar-refractivity contribution in [1.29, 1.82) is 0 Å². The Labute approximate surface area is 221 Å². The Morgan fingerprint density at radius 1 is 0.838 bits per heavy atom. The van der Waals surface area contributed by atoms with Crippen molar-refractivity contribution in [3.8, 4) is 23.0 Å². The number of carbonyl (C=O) groups is 1. The predicted molar refractivity (Wildman–Crippen MR) is 141 cm³/mol. The SMILES string of the molecule is CCOc1ccc(C(=O)N/N=C/c2ccc(OS(=O)(=O)c3ccc(Cl)cc3)c(OCC)c2)cc1OCC. The number of hydrogen-bond donors (Lipinski definition) is 1. The van der Waals surface area contributed by atoms with E-state index in [-0.39, 0.29) is 23.0 Å². The quantitative estimate of drug-likeness (QED) is 0.192. The smallest absolute Gasteiger partial charge is 0.339 e. The Bertz CT molecular complexity index is 1360. The molecule has 0 saturated carbocycles. The third-order valence-electron chi connectivity index (χ3n) is 4.75. The highest BCUT2D eigenvalue weighted by atomic mass is 35.5. The molecule has 0 fully saturated rings. The number of ether oxygens (including phenoxy) is 3. The molecule has 0 saturated heterocycles. The lowest BCUT2D eigenvalue weighted by molar-refractivity contribution is 0.0954. The predicted octanol–water partition coefficient (Wildman–Crippen LogP) is 5.07. The van der Waals surface area contributed by atoms with Gasteiger partial charge in [-0.1, -0.05) is 11.6 Å². The molecule has 0 heterocycles. The number of halogens is 1. The van der Waals surface area contributed by atoms with Gasteiger partial charge in [-0.15, -0.1) is 0 Å². The van der Waals surface area contributed by atoms with Crippen molar-refractivity contribution in [2.24, 2.45) is 5.10 Å². The number of nitrogens with zero attached hydrogens (tertiary/aromatic N) is 1. The van der Waals surface area contributed by atoms with Gasteiger partial charge < -0.3 is 18.4 Å². The van der Waals surface area contributed by atoms with Crippen LogP contribution in [-0.4, -0.2) is 40.4 Å². The van der Waals surface area contributed by atoms with E-state index in [1.807, 2.05) is 13.8 Å². The number of rotatable bonds is 12. The Morgan fingerprint density at radius 3 is 2.08 bits per heavy atom. The molecular formula is C26H27ClN2O7S. The summed E-state index contributed by atoms with van der Waals surface area (Å²) in [5, 5.41) is 4.39. The minimum atomic E-state index is -4.11. The third-order valence-corrected chi connectivity index (χ3v) is 6.26. The normalized spacial score (nSPS) is 11.2. The first-order chi connectivity index (χ1) is 17.8. The molecule has 0 aromatic heterocycles. The zero-order chi connectivity index (χ0) is 26.8. The summed E-state index contributed by atoms with van der Waals surface area (Å²) < 4.78 is 47.2. The number of nitrogens with one attached hydrogen (secondary N) is 1. The van der Waals surface area contributed by atoms with Crippen LogP contribution in [0, 0.1) is 0 Å². The first-order valence-corrected chi connectivity index (χ1v) is 13.3. The molecule has 0 radical (unpaired) electrons. The van der Waals surface area contributed by atoms with Gasteiger partial charge in [0.25, 0.3) is 5.91 Å². The van der Waals surface area contributed by atoms with Gasteiger partial charge in [-0.3, -0.25) is 4.79 Å². The highest BCUT2D eigenvalue weighted by Crippen LogP contribution is 2.31. The van der Waals surface area contributed by atoms with E-state index < -0.39 is 16.0 Å².